The van der Waals surface area contributed by atoms with Crippen LogP contribution >= 0.6 is 0 Å². The number of fused-ring (bicyclic) bond motifs is 4. The lowest BCUT2D eigenvalue weighted by Gasteiger charge is -2.07. The molecular weight excluding hydrogens is 785 g/mol. The molecule has 0 radical (unpaired) electrons. The van der Waals surface area contributed by atoms with E-state index in [1.165, 1.54) is 16.9 Å². The molecule has 0 unspecified atom stereocenters. The summed E-state index contributed by atoms with van der Waals surface area (Å²) in [6.07, 6.45) is 0. The fourth-order valence-corrected chi connectivity index (χ4v) is 7.51. The normalized spacial score (nSPS) is 12.3. The second-order valence-electron chi connectivity index (χ2n) is 13.0. The number of hydrogen-bond donors (Lipinski definition) is 4. The molecule has 0 aliphatic carbocycles. The number of carbonyl (C=O) groups is 1. The van der Waals surface area contributed by atoms with Gasteiger partial charge in [-0.05, 0) is 115 Å². The number of benzene rings is 7. The first-order valence-electron chi connectivity index (χ1n) is 17.2. The molecule has 58 heavy (non-hydrogen) atoms. The maximum absolute atomic E-state index is 12.5. The zero-order valence-electron chi connectivity index (χ0n) is 30.0. The van der Waals surface area contributed by atoms with Gasteiger partial charge in [-0.1, -0.05) is 30.3 Å². The lowest BCUT2D eigenvalue weighted by molar-refractivity contribution is 0.102. The van der Waals surface area contributed by atoms with E-state index in [1.54, 1.807) is 72.8 Å². The van der Waals surface area contributed by atoms with Crippen molar-refractivity contribution >= 4 is 87.2 Å². The van der Waals surface area contributed by atoms with E-state index in [0.29, 0.717) is 50.8 Å². The maximum atomic E-state index is 12.5. The van der Waals surface area contributed by atoms with Crippen LogP contribution in [0.15, 0.2) is 158 Å². The van der Waals surface area contributed by atoms with Crippen LogP contribution in [-0.4, -0.2) is 51.9 Å². The Morgan fingerprint density at radius 2 is 1.34 bits per heavy atom. The third kappa shape index (κ3) is 7.62. The van der Waals surface area contributed by atoms with Gasteiger partial charge >= 0.3 is 0 Å². The molecule has 0 spiro atoms. The number of aromatic hydroxyl groups is 1. The second kappa shape index (κ2) is 14.7. The number of amides is 1. The molecule has 8 rings (SSSR count). The van der Waals surface area contributed by atoms with E-state index in [-0.39, 0.29) is 39.1 Å². The maximum Gasteiger partial charge on any atom is 0.295 e. The largest absolute Gasteiger partial charge is 0.505 e. The molecule has 16 nitrogen and oxygen atoms in total. The molecule has 0 atom stereocenters. The molecule has 0 aliphatic rings. The van der Waals surface area contributed by atoms with Crippen molar-refractivity contribution in [2.24, 2.45) is 20.5 Å². The van der Waals surface area contributed by atoms with E-state index in [2.05, 4.69) is 36.0 Å². The lowest BCUT2D eigenvalue weighted by atomic mass is 10.1. The average Bonchev–Trinajstić information content (AvgIpc) is 3.65. The molecule has 288 valence electrons. The van der Waals surface area contributed by atoms with Crippen LogP contribution in [0, 0.1) is 6.92 Å². The predicted molar refractivity (Wildman–Crippen MR) is 216 cm³/mol. The Bertz CT molecular complexity index is 3240. The van der Waals surface area contributed by atoms with E-state index in [9.17, 15) is 35.8 Å². The molecule has 1 heterocycles. The van der Waals surface area contributed by atoms with Gasteiger partial charge in [-0.3, -0.25) is 13.9 Å². The minimum atomic E-state index is -4.89. The number of phenols is 1. The van der Waals surface area contributed by atoms with Gasteiger partial charge in [0.2, 0.25) is 0 Å². The number of aromatic nitrogens is 3. The van der Waals surface area contributed by atoms with E-state index in [1.807, 2.05) is 37.3 Å². The first kappa shape index (κ1) is 37.7. The number of nitrogens with one attached hydrogen (secondary N) is 1. The fraction of sp³-hybridized carbons (Fsp3) is 0.0250. The topological polar surface area (TPSA) is 238 Å². The number of azo groups is 2. The molecule has 7 aromatic carbocycles. The highest BCUT2D eigenvalue weighted by atomic mass is 32.2. The summed E-state index contributed by atoms with van der Waals surface area (Å²) in [5.74, 6) is -0.361. The van der Waals surface area contributed by atoms with Crippen molar-refractivity contribution < 1.29 is 35.8 Å². The van der Waals surface area contributed by atoms with Gasteiger partial charge in [-0.25, -0.2) is 0 Å². The van der Waals surface area contributed by atoms with E-state index < -0.39 is 30.0 Å². The highest BCUT2D eigenvalue weighted by Gasteiger charge is 2.23. The van der Waals surface area contributed by atoms with Gasteiger partial charge < -0.3 is 10.4 Å². The van der Waals surface area contributed by atoms with Gasteiger partial charge in [-0.15, -0.1) is 15.3 Å². The third-order valence-electron chi connectivity index (χ3n) is 9.07. The molecule has 0 bridgehead atoms. The van der Waals surface area contributed by atoms with Crippen LogP contribution in [0.5, 0.6) is 5.75 Å². The van der Waals surface area contributed by atoms with E-state index in [0.717, 1.165) is 11.6 Å². The van der Waals surface area contributed by atoms with Crippen LogP contribution < -0.4 is 5.32 Å². The molecule has 1 aromatic heterocycles. The van der Waals surface area contributed by atoms with Gasteiger partial charge in [0, 0.05) is 27.4 Å². The van der Waals surface area contributed by atoms with Crippen molar-refractivity contribution in [2.75, 3.05) is 5.32 Å². The predicted octanol–water partition coefficient (Wildman–Crippen LogP) is 9.32. The third-order valence-corrected chi connectivity index (χ3v) is 10.8. The molecule has 0 saturated heterocycles. The van der Waals surface area contributed by atoms with Gasteiger partial charge in [-0.2, -0.15) is 37.0 Å². The summed E-state index contributed by atoms with van der Waals surface area (Å²) in [7, 11) is -9.74. The molecule has 1 amide bonds. The average molecular weight is 813 g/mol. The van der Waals surface area contributed by atoms with Gasteiger partial charge in [0.1, 0.15) is 21.6 Å². The zero-order chi connectivity index (χ0) is 40.8. The van der Waals surface area contributed by atoms with Crippen LogP contribution in [0.4, 0.5) is 28.4 Å². The minimum absolute atomic E-state index is 0.0167. The van der Waals surface area contributed by atoms with Crippen molar-refractivity contribution in [1.82, 2.24) is 15.0 Å². The second-order valence-corrected chi connectivity index (χ2v) is 15.8. The van der Waals surface area contributed by atoms with Crippen LogP contribution in [0.1, 0.15) is 15.9 Å². The lowest BCUT2D eigenvalue weighted by Crippen LogP contribution is -2.11. The number of para-hydroxylation sites is 1. The summed E-state index contributed by atoms with van der Waals surface area (Å²) in [5, 5.41) is 41.1. The number of hydrogen-bond acceptors (Lipinski definition) is 12. The van der Waals surface area contributed by atoms with Crippen LogP contribution in [0.2, 0.25) is 0 Å². The van der Waals surface area contributed by atoms with Crippen molar-refractivity contribution in [2.45, 2.75) is 16.7 Å². The Kier molecular flexibility index (Phi) is 9.53. The number of phenolic OH excluding ortho intramolecular Hbond substituents is 1. The van der Waals surface area contributed by atoms with Crippen molar-refractivity contribution in [3.63, 3.8) is 0 Å². The smallest absolute Gasteiger partial charge is 0.295 e. The Balaban J connectivity index is 0.998. The molecule has 8 aromatic rings. The van der Waals surface area contributed by atoms with Gasteiger partial charge in [0.15, 0.2) is 5.75 Å². The molecular formula is C40H28N8O8S2. The van der Waals surface area contributed by atoms with E-state index >= 15 is 0 Å². The molecule has 0 aliphatic heterocycles. The standard InChI is InChI=1S/C40H28N8O8S2/c1-23-19-28(12-17-34(23)44-42-27-10-7-24(8-11-27)40(50)41-26-5-3-2-4-6-26)43-45-36-16-9-25-20-29(13-14-31(25)39(36)49)48-46-35-18-15-32-33(38(35)47-48)21-30(57(51,52)53)22-37(32)58(54,55)56/h2-22,49H,1H3,(H,41,50)(H,51,52,53)(H,54,55,56). The SMILES string of the molecule is Cc1cc(N=Nc2ccc3cc(-n4nc5ccc6c(S(=O)(=O)O)cc(S(=O)(=O)O)cc6c5n4)ccc3c2O)ccc1N=Nc1ccc(C(=O)Nc2ccccc2)cc1. The molecule has 18 heteroatoms. The summed E-state index contributed by atoms with van der Waals surface area (Å²) in [5.41, 5.74) is 4.67. The summed E-state index contributed by atoms with van der Waals surface area (Å²) in [6.45, 7) is 1.85. The summed E-state index contributed by atoms with van der Waals surface area (Å²) < 4.78 is 67.5. The number of rotatable bonds is 9. The molecule has 0 fully saturated rings. The monoisotopic (exact) mass is 812 g/mol. The minimum Gasteiger partial charge on any atom is -0.505 e. The molecule has 0 saturated carbocycles. The zero-order valence-corrected chi connectivity index (χ0v) is 31.6. The summed E-state index contributed by atoms with van der Waals surface area (Å²) in [6, 6.07) is 33.9. The Morgan fingerprint density at radius 3 is 2.07 bits per heavy atom. The summed E-state index contributed by atoms with van der Waals surface area (Å²) in [4.78, 5) is 12.3. The highest BCUT2D eigenvalue weighted by molar-refractivity contribution is 7.86. The molecule has 4 N–H and O–H groups in total. The van der Waals surface area contributed by atoms with Crippen LogP contribution in [0.25, 0.3) is 38.3 Å². The van der Waals surface area contributed by atoms with Crippen molar-refractivity contribution in [3.8, 4) is 11.4 Å². The van der Waals surface area contributed by atoms with Crippen molar-refractivity contribution in [1.29, 1.82) is 0 Å². The van der Waals surface area contributed by atoms with Crippen molar-refractivity contribution in [3.05, 3.63) is 139 Å². The van der Waals surface area contributed by atoms with Crippen LogP contribution in [-0.2, 0) is 20.2 Å². The van der Waals surface area contributed by atoms with Gasteiger partial charge in [0.05, 0.1) is 27.6 Å². The Labute approximate surface area is 329 Å². The number of carbonyl (C=O) groups excluding carboxylic acids is 1. The highest BCUT2D eigenvalue weighted by Crippen LogP contribution is 2.38. The summed E-state index contributed by atoms with van der Waals surface area (Å²) >= 11 is 0. The Hall–Kier alpha value is -7.25. The number of anilines is 1. The van der Waals surface area contributed by atoms with Gasteiger partial charge in [0.25, 0.3) is 26.1 Å². The number of aryl methyl sites for hydroxylation is 1. The van der Waals surface area contributed by atoms with Crippen LogP contribution in [0.3, 0.4) is 0 Å². The number of nitrogens with zero attached hydrogens (tertiary/aromatic N) is 7. The Morgan fingerprint density at radius 1 is 0.655 bits per heavy atom. The van der Waals surface area contributed by atoms with E-state index in [4.69, 9.17) is 0 Å². The first-order chi connectivity index (χ1) is 27.7. The first-order valence-corrected chi connectivity index (χ1v) is 20.0. The quantitative estimate of drug-likeness (QED) is 0.0795. The fourth-order valence-electron chi connectivity index (χ4n) is 6.17.